The Morgan fingerprint density at radius 1 is 1.21 bits per heavy atom. The smallest absolute Gasteiger partial charge is 0.434 e. The van der Waals surface area contributed by atoms with Gasteiger partial charge in [0.2, 0.25) is 0 Å². The van der Waals surface area contributed by atoms with Crippen molar-refractivity contribution in [3.05, 3.63) is 58.6 Å². The molecule has 4 rings (SSSR count). The van der Waals surface area contributed by atoms with E-state index in [4.69, 9.17) is 9.47 Å². The van der Waals surface area contributed by atoms with Crippen molar-refractivity contribution in [2.24, 2.45) is 0 Å². The third-order valence-corrected chi connectivity index (χ3v) is 5.94. The topological polar surface area (TPSA) is 86.2 Å². The molecule has 1 aromatic carbocycles. The Morgan fingerprint density at radius 3 is 2.64 bits per heavy atom. The minimum Gasteiger partial charge on any atom is -0.488 e. The zero-order valence-corrected chi connectivity index (χ0v) is 18.7. The standard InChI is InChI=1S/C22H21F3N4O3S/c1-12-8-28-21(33-12)15-5-14(6-17(7-15)32-16-3-4-31-11-16)20(30)29-13(2)18-9-27-19(10-26-18)22(23,24)25/h5-10,13,16H,3-4,11H2,1-2H3,(H,29,30)/t13?,16-/m1/s1. The van der Waals surface area contributed by atoms with E-state index in [1.807, 2.05) is 13.0 Å². The molecule has 1 aliphatic heterocycles. The lowest BCUT2D eigenvalue weighted by Crippen LogP contribution is -2.27. The number of nitrogens with zero attached hydrogens (tertiary/aromatic N) is 3. The van der Waals surface area contributed by atoms with E-state index in [0.29, 0.717) is 30.7 Å². The van der Waals surface area contributed by atoms with Crippen LogP contribution < -0.4 is 10.1 Å². The number of carbonyl (C=O) groups is 1. The number of thiazole rings is 1. The molecule has 0 saturated carbocycles. The molecule has 3 heterocycles. The molecular formula is C22H21F3N4O3S. The lowest BCUT2D eigenvalue weighted by molar-refractivity contribution is -0.141. The molecule has 1 fully saturated rings. The van der Waals surface area contributed by atoms with Crippen LogP contribution in [0.25, 0.3) is 10.6 Å². The van der Waals surface area contributed by atoms with Gasteiger partial charge in [0.15, 0.2) is 5.69 Å². The molecule has 1 aliphatic rings. The molecule has 0 bridgehead atoms. The van der Waals surface area contributed by atoms with Crippen molar-refractivity contribution in [1.29, 1.82) is 0 Å². The molecule has 1 N–H and O–H groups in total. The highest BCUT2D eigenvalue weighted by Crippen LogP contribution is 2.31. The number of alkyl halides is 3. The molecule has 3 aromatic rings. The van der Waals surface area contributed by atoms with Crippen molar-refractivity contribution in [2.45, 2.75) is 38.6 Å². The van der Waals surface area contributed by atoms with Gasteiger partial charge in [-0.15, -0.1) is 11.3 Å². The van der Waals surface area contributed by atoms with E-state index >= 15 is 0 Å². The number of aryl methyl sites for hydroxylation is 1. The van der Waals surface area contributed by atoms with Crippen LogP contribution in [-0.4, -0.2) is 40.2 Å². The Balaban J connectivity index is 1.56. The second-order valence-electron chi connectivity index (χ2n) is 7.64. The number of aromatic nitrogens is 3. The maximum Gasteiger partial charge on any atom is 0.434 e. The first-order valence-corrected chi connectivity index (χ1v) is 11.0. The van der Waals surface area contributed by atoms with Gasteiger partial charge in [0, 0.05) is 28.6 Å². The van der Waals surface area contributed by atoms with E-state index in [1.165, 1.54) is 11.3 Å². The average Bonchev–Trinajstić information content (AvgIpc) is 3.44. The van der Waals surface area contributed by atoms with Gasteiger partial charge in [0.05, 0.1) is 37.3 Å². The van der Waals surface area contributed by atoms with Crippen LogP contribution in [0.4, 0.5) is 13.2 Å². The molecule has 174 valence electrons. The maximum atomic E-state index is 13.0. The molecule has 0 spiro atoms. The van der Waals surface area contributed by atoms with Gasteiger partial charge >= 0.3 is 6.18 Å². The Morgan fingerprint density at radius 2 is 2.03 bits per heavy atom. The highest BCUT2D eigenvalue weighted by molar-refractivity contribution is 7.14. The van der Waals surface area contributed by atoms with E-state index < -0.39 is 23.8 Å². The van der Waals surface area contributed by atoms with Crippen LogP contribution in [0.5, 0.6) is 5.75 Å². The van der Waals surface area contributed by atoms with Gasteiger partial charge in [0.1, 0.15) is 16.9 Å². The summed E-state index contributed by atoms with van der Waals surface area (Å²) in [5.74, 6) is 0.0924. The van der Waals surface area contributed by atoms with Gasteiger partial charge in [-0.3, -0.25) is 9.78 Å². The van der Waals surface area contributed by atoms with Crippen molar-refractivity contribution >= 4 is 17.2 Å². The second kappa shape index (κ2) is 9.44. The van der Waals surface area contributed by atoms with Crippen LogP contribution in [0.15, 0.2) is 36.8 Å². The Bertz CT molecular complexity index is 1130. The van der Waals surface area contributed by atoms with Crippen LogP contribution in [0, 0.1) is 6.92 Å². The van der Waals surface area contributed by atoms with Gasteiger partial charge in [-0.1, -0.05) is 0 Å². The van der Waals surface area contributed by atoms with Gasteiger partial charge in [-0.2, -0.15) is 13.2 Å². The van der Waals surface area contributed by atoms with E-state index in [-0.39, 0.29) is 11.8 Å². The zero-order chi connectivity index (χ0) is 23.6. The van der Waals surface area contributed by atoms with Crippen LogP contribution in [0.3, 0.4) is 0 Å². The third-order valence-electron chi connectivity index (χ3n) is 4.98. The molecule has 7 nitrogen and oxygen atoms in total. The van der Waals surface area contributed by atoms with Gasteiger partial charge in [0.25, 0.3) is 5.91 Å². The lowest BCUT2D eigenvalue weighted by Gasteiger charge is -2.16. The number of benzene rings is 1. The molecule has 2 aromatic heterocycles. The fourth-order valence-electron chi connectivity index (χ4n) is 3.27. The monoisotopic (exact) mass is 478 g/mol. The largest absolute Gasteiger partial charge is 0.488 e. The number of ether oxygens (including phenoxy) is 2. The number of nitrogens with one attached hydrogen (secondary N) is 1. The first-order valence-electron chi connectivity index (χ1n) is 10.2. The van der Waals surface area contributed by atoms with E-state index in [0.717, 1.165) is 28.1 Å². The molecule has 0 aliphatic carbocycles. The van der Waals surface area contributed by atoms with Crippen LogP contribution in [0.2, 0.25) is 0 Å². The van der Waals surface area contributed by atoms with Gasteiger partial charge in [-0.05, 0) is 32.0 Å². The predicted molar refractivity (Wildman–Crippen MR) is 115 cm³/mol. The van der Waals surface area contributed by atoms with E-state index in [2.05, 4.69) is 20.3 Å². The normalized spacial score (nSPS) is 17.1. The molecule has 2 atom stereocenters. The van der Waals surface area contributed by atoms with Crippen LogP contribution >= 0.6 is 11.3 Å². The van der Waals surface area contributed by atoms with Crippen molar-refractivity contribution in [2.75, 3.05) is 13.2 Å². The molecule has 0 radical (unpaired) electrons. The number of carbonyl (C=O) groups excluding carboxylic acids is 1. The fraction of sp³-hybridized carbons (Fsp3) is 0.364. The van der Waals surface area contributed by atoms with Gasteiger partial charge in [-0.25, -0.2) is 9.97 Å². The summed E-state index contributed by atoms with van der Waals surface area (Å²) in [6.07, 6.45) is -0.505. The summed E-state index contributed by atoms with van der Waals surface area (Å²) in [5, 5.41) is 3.50. The van der Waals surface area contributed by atoms with Crippen LogP contribution in [0.1, 0.15) is 46.0 Å². The maximum absolute atomic E-state index is 13.0. The van der Waals surface area contributed by atoms with Crippen molar-refractivity contribution in [3.8, 4) is 16.3 Å². The van der Waals surface area contributed by atoms with Gasteiger partial charge < -0.3 is 14.8 Å². The number of hydrogen-bond donors (Lipinski definition) is 1. The summed E-state index contributed by atoms with van der Waals surface area (Å²) in [6, 6.07) is 4.50. The van der Waals surface area contributed by atoms with Crippen molar-refractivity contribution in [1.82, 2.24) is 20.3 Å². The number of rotatable bonds is 6. The number of hydrogen-bond acceptors (Lipinski definition) is 7. The number of amides is 1. The Hall–Kier alpha value is -3.05. The summed E-state index contributed by atoms with van der Waals surface area (Å²) in [5.41, 5.74) is 0.189. The predicted octanol–water partition coefficient (Wildman–Crippen LogP) is 4.59. The summed E-state index contributed by atoms with van der Waals surface area (Å²) < 4.78 is 49.5. The summed E-state index contributed by atoms with van der Waals surface area (Å²) >= 11 is 1.49. The first kappa shape index (κ1) is 23.1. The quantitative estimate of drug-likeness (QED) is 0.558. The Labute approximate surface area is 192 Å². The molecule has 1 saturated heterocycles. The SMILES string of the molecule is Cc1cnc(-c2cc(O[C@@H]3CCOC3)cc(C(=O)NC(C)c3cnc(C(F)(F)F)cn3)c2)s1. The third kappa shape index (κ3) is 5.66. The molecule has 1 unspecified atom stereocenters. The number of halogens is 3. The second-order valence-corrected chi connectivity index (χ2v) is 8.88. The minimum atomic E-state index is -4.58. The highest BCUT2D eigenvalue weighted by atomic mass is 32.1. The molecule has 1 amide bonds. The summed E-state index contributed by atoms with van der Waals surface area (Å²) in [6.45, 7) is 4.66. The van der Waals surface area contributed by atoms with E-state index in [9.17, 15) is 18.0 Å². The highest BCUT2D eigenvalue weighted by Gasteiger charge is 2.33. The van der Waals surface area contributed by atoms with E-state index in [1.54, 1.807) is 25.3 Å². The Kier molecular flexibility index (Phi) is 6.61. The summed E-state index contributed by atoms with van der Waals surface area (Å²) in [7, 11) is 0. The van der Waals surface area contributed by atoms with Crippen molar-refractivity contribution < 1.29 is 27.4 Å². The molecule has 11 heteroatoms. The average molecular weight is 478 g/mol. The lowest BCUT2D eigenvalue weighted by atomic mass is 10.1. The summed E-state index contributed by atoms with van der Waals surface area (Å²) in [4.78, 5) is 25.6. The minimum absolute atomic E-state index is 0.101. The first-order chi connectivity index (χ1) is 15.7. The van der Waals surface area contributed by atoms with Crippen LogP contribution in [-0.2, 0) is 10.9 Å². The fourth-order valence-corrected chi connectivity index (χ4v) is 4.02. The molecule has 33 heavy (non-hydrogen) atoms. The molecular weight excluding hydrogens is 457 g/mol. The van der Waals surface area contributed by atoms with Crippen molar-refractivity contribution in [3.63, 3.8) is 0 Å². The zero-order valence-electron chi connectivity index (χ0n) is 17.8.